The summed E-state index contributed by atoms with van der Waals surface area (Å²) in [6.45, 7) is 0.704. The molecule has 1 fully saturated rings. The molecule has 1 unspecified atom stereocenters. The van der Waals surface area contributed by atoms with E-state index in [9.17, 15) is 4.79 Å². The summed E-state index contributed by atoms with van der Waals surface area (Å²) in [4.78, 5) is 11.7. The summed E-state index contributed by atoms with van der Waals surface area (Å²) in [5, 5.41) is 10.8. The van der Waals surface area contributed by atoms with Crippen LogP contribution in [0, 0.1) is 0 Å². The number of aromatic nitrogens is 2. The number of nitrogens with one attached hydrogen (secondary N) is 1. The molecule has 1 amide bonds. The molecule has 17 heavy (non-hydrogen) atoms. The zero-order chi connectivity index (χ0) is 12.1. The summed E-state index contributed by atoms with van der Waals surface area (Å²) in [5.41, 5.74) is 5.73. The molecular weight excluding hydrogens is 236 g/mol. The molecule has 2 heterocycles. The van der Waals surface area contributed by atoms with Crippen LogP contribution in [-0.4, -0.2) is 33.7 Å². The lowest BCUT2D eigenvalue weighted by atomic mass is 10.2. The van der Waals surface area contributed by atoms with Gasteiger partial charge in [-0.25, -0.2) is 0 Å². The molecule has 1 saturated heterocycles. The minimum Gasteiger partial charge on any atom is -0.382 e. The van der Waals surface area contributed by atoms with Crippen molar-refractivity contribution in [2.45, 2.75) is 24.5 Å². The van der Waals surface area contributed by atoms with Crippen molar-refractivity contribution in [2.75, 3.05) is 18.0 Å². The second kappa shape index (κ2) is 5.86. The molecule has 0 saturated carbocycles. The minimum atomic E-state index is -0.177. The fourth-order valence-corrected chi connectivity index (χ4v) is 2.97. The summed E-state index contributed by atoms with van der Waals surface area (Å²) >= 11 is 1.93. The number of nitrogen functional groups attached to an aromatic ring is 1. The number of nitrogens with zero attached hydrogens (tertiary/aromatic N) is 2. The highest BCUT2D eigenvalue weighted by Crippen LogP contribution is 2.24. The van der Waals surface area contributed by atoms with E-state index in [1.165, 1.54) is 25.0 Å². The van der Waals surface area contributed by atoms with Gasteiger partial charge in [0.2, 0.25) is 0 Å². The molecule has 1 aliphatic rings. The number of amides is 1. The summed E-state index contributed by atoms with van der Waals surface area (Å²) in [6.07, 6.45) is 3.73. The van der Waals surface area contributed by atoms with Crippen LogP contribution in [-0.2, 0) is 0 Å². The predicted octanol–water partition coefficient (Wildman–Crippen LogP) is 1.07. The Morgan fingerprint density at radius 3 is 3.00 bits per heavy atom. The first-order chi connectivity index (χ1) is 8.25. The minimum absolute atomic E-state index is 0.177. The highest BCUT2D eigenvalue weighted by molar-refractivity contribution is 7.99. The molecule has 0 aliphatic carbocycles. The fraction of sp³-hybridized carbons (Fsp3) is 0.545. The van der Waals surface area contributed by atoms with E-state index in [4.69, 9.17) is 5.73 Å². The third-order valence-corrected chi connectivity index (χ3v) is 4.08. The van der Waals surface area contributed by atoms with Crippen molar-refractivity contribution in [2.24, 2.45) is 0 Å². The maximum Gasteiger partial charge on any atom is 0.271 e. The Morgan fingerprint density at radius 1 is 1.47 bits per heavy atom. The number of carbonyl (C=O) groups is 1. The van der Waals surface area contributed by atoms with E-state index in [1.807, 2.05) is 11.8 Å². The van der Waals surface area contributed by atoms with Gasteiger partial charge in [-0.1, -0.05) is 6.42 Å². The van der Waals surface area contributed by atoms with Gasteiger partial charge in [0.25, 0.3) is 5.91 Å². The lowest BCUT2D eigenvalue weighted by Crippen LogP contribution is -2.32. The summed E-state index contributed by atoms with van der Waals surface area (Å²) < 4.78 is 0. The van der Waals surface area contributed by atoms with Crippen LogP contribution in [0.5, 0.6) is 0 Å². The summed E-state index contributed by atoms with van der Waals surface area (Å²) in [6, 6.07) is 3.17. The highest BCUT2D eigenvalue weighted by Gasteiger charge is 2.15. The number of hydrogen-bond acceptors (Lipinski definition) is 5. The molecule has 1 atom stereocenters. The van der Waals surface area contributed by atoms with Crippen molar-refractivity contribution in [1.82, 2.24) is 15.5 Å². The maximum absolute atomic E-state index is 11.7. The van der Waals surface area contributed by atoms with E-state index in [0.29, 0.717) is 23.3 Å². The SMILES string of the molecule is Nc1ccc(C(=O)NCC2CCCCS2)nn1. The Hall–Kier alpha value is -1.30. The number of rotatable bonds is 3. The van der Waals surface area contributed by atoms with Crippen molar-refractivity contribution in [3.63, 3.8) is 0 Å². The van der Waals surface area contributed by atoms with E-state index in [0.717, 1.165) is 0 Å². The zero-order valence-electron chi connectivity index (χ0n) is 9.56. The second-order valence-corrected chi connectivity index (χ2v) is 5.45. The molecular formula is C11H16N4OS. The average molecular weight is 252 g/mol. The summed E-state index contributed by atoms with van der Waals surface area (Å²) in [7, 11) is 0. The van der Waals surface area contributed by atoms with Crippen LogP contribution in [0.3, 0.4) is 0 Å². The van der Waals surface area contributed by atoms with Crippen molar-refractivity contribution >= 4 is 23.5 Å². The number of nitrogens with two attached hydrogens (primary N) is 1. The number of carbonyl (C=O) groups excluding carboxylic acids is 1. The van der Waals surface area contributed by atoms with Crippen molar-refractivity contribution in [3.05, 3.63) is 17.8 Å². The third kappa shape index (κ3) is 3.59. The first-order valence-corrected chi connectivity index (χ1v) is 6.79. The Bertz CT molecular complexity index is 376. The largest absolute Gasteiger partial charge is 0.382 e. The topological polar surface area (TPSA) is 80.9 Å². The number of hydrogen-bond donors (Lipinski definition) is 2. The predicted molar refractivity (Wildman–Crippen MR) is 68.9 cm³/mol. The molecule has 0 bridgehead atoms. The molecule has 0 aromatic carbocycles. The van der Waals surface area contributed by atoms with Gasteiger partial charge in [-0.3, -0.25) is 4.79 Å². The Morgan fingerprint density at radius 2 is 2.35 bits per heavy atom. The smallest absolute Gasteiger partial charge is 0.271 e. The van der Waals surface area contributed by atoms with Gasteiger partial charge in [-0.2, -0.15) is 11.8 Å². The number of thioether (sulfide) groups is 1. The van der Waals surface area contributed by atoms with Crippen LogP contribution in [0.25, 0.3) is 0 Å². The molecule has 0 radical (unpaired) electrons. The quantitative estimate of drug-likeness (QED) is 0.841. The molecule has 1 aromatic heterocycles. The van der Waals surface area contributed by atoms with Gasteiger partial charge in [-0.05, 0) is 30.7 Å². The normalized spacial score (nSPS) is 19.9. The van der Waals surface area contributed by atoms with E-state index in [-0.39, 0.29) is 5.91 Å². The Balaban J connectivity index is 1.82. The van der Waals surface area contributed by atoms with Gasteiger partial charge < -0.3 is 11.1 Å². The first-order valence-electron chi connectivity index (χ1n) is 5.75. The van der Waals surface area contributed by atoms with Gasteiger partial charge in [0.05, 0.1) is 0 Å². The van der Waals surface area contributed by atoms with Gasteiger partial charge in [0.15, 0.2) is 5.69 Å². The molecule has 6 heteroatoms. The third-order valence-electron chi connectivity index (χ3n) is 2.68. The molecule has 3 N–H and O–H groups in total. The van der Waals surface area contributed by atoms with E-state index in [1.54, 1.807) is 12.1 Å². The highest BCUT2D eigenvalue weighted by atomic mass is 32.2. The zero-order valence-corrected chi connectivity index (χ0v) is 10.4. The molecule has 5 nitrogen and oxygen atoms in total. The Kier molecular flexibility index (Phi) is 4.19. The van der Waals surface area contributed by atoms with Gasteiger partial charge >= 0.3 is 0 Å². The van der Waals surface area contributed by atoms with Crippen LogP contribution >= 0.6 is 11.8 Å². The summed E-state index contributed by atoms with van der Waals surface area (Å²) in [5.74, 6) is 1.34. The maximum atomic E-state index is 11.7. The van der Waals surface area contributed by atoms with E-state index >= 15 is 0 Å². The van der Waals surface area contributed by atoms with Crippen molar-refractivity contribution < 1.29 is 4.79 Å². The van der Waals surface area contributed by atoms with E-state index < -0.39 is 0 Å². The lowest BCUT2D eigenvalue weighted by molar-refractivity contribution is 0.0947. The Labute approximate surface area is 105 Å². The molecule has 1 aromatic rings. The fourth-order valence-electron chi connectivity index (χ4n) is 1.73. The van der Waals surface area contributed by atoms with Crippen LogP contribution in [0.15, 0.2) is 12.1 Å². The van der Waals surface area contributed by atoms with Crippen LogP contribution in [0.1, 0.15) is 29.8 Å². The standard InChI is InChI=1S/C11H16N4OS/c12-10-5-4-9(14-15-10)11(16)13-7-8-3-1-2-6-17-8/h4-5,8H,1-3,6-7H2,(H2,12,15)(H,13,16). The molecule has 2 rings (SSSR count). The van der Waals surface area contributed by atoms with Crippen LogP contribution < -0.4 is 11.1 Å². The van der Waals surface area contributed by atoms with Crippen LogP contribution in [0.2, 0.25) is 0 Å². The average Bonchev–Trinajstić information content (AvgIpc) is 2.38. The molecule has 92 valence electrons. The van der Waals surface area contributed by atoms with Gasteiger partial charge in [-0.15, -0.1) is 10.2 Å². The molecule has 0 spiro atoms. The van der Waals surface area contributed by atoms with Crippen molar-refractivity contribution in [1.29, 1.82) is 0 Å². The number of anilines is 1. The first kappa shape index (κ1) is 12.2. The van der Waals surface area contributed by atoms with Crippen molar-refractivity contribution in [3.8, 4) is 0 Å². The van der Waals surface area contributed by atoms with Gasteiger partial charge in [0.1, 0.15) is 5.82 Å². The van der Waals surface area contributed by atoms with Gasteiger partial charge in [0, 0.05) is 11.8 Å². The lowest BCUT2D eigenvalue weighted by Gasteiger charge is -2.21. The monoisotopic (exact) mass is 252 g/mol. The van der Waals surface area contributed by atoms with Crippen LogP contribution in [0.4, 0.5) is 5.82 Å². The van der Waals surface area contributed by atoms with E-state index in [2.05, 4.69) is 15.5 Å². The molecule has 1 aliphatic heterocycles. The second-order valence-electron chi connectivity index (χ2n) is 4.04.